The van der Waals surface area contributed by atoms with Crippen molar-refractivity contribution in [2.24, 2.45) is 7.05 Å². The summed E-state index contributed by atoms with van der Waals surface area (Å²) in [7, 11) is 1.89. The number of aromatic nitrogens is 3. The number of hydrogen-bond acceptors (Lipinski definition) is 4. The molecule has 5 heteroatoms. The molecule has 0 aliphatic rings. The van der Waals surface area contributed by atoms with Crippen molar-refractivity contribution in [1.82, 2.24) is 20.1 Å². The van der Waals surface area contributed by atoms with Crippen LogP contribution in [-0.4, -0.2) is 20.3 Å². The normalized spacial score (nSPS) is 11.7. The molecule has 0 aromatic carbocycles. The van der Waals surface area contributed by atoms with Gasteiger partial charge in [-0.1, -0.05) is 0 Å². The number of aryl methyl sites for hydroxylation is 3. The Morgan fingerprint density at radius 1 is 1.24 bits per heavy atom. The minimum atomic E-state index is 0.0466. The molecule has 0 saturated carbocycles. The molecule has 2 heterocycles. The summed E-state index contributed by atoms with van der Waals surface area (Å²) in [6, 6.07) is 3.86. The number of ether oxygens (including phenoxy) is 1. The maximum Gasteiger partial charge on any atom is 0.222 e. The van der Waals surface area contributed by atoms with Crippen molar-refractivity contribution >= 4 is 0 Å². The molecule has 0 atom stereocenters. The Hall–Kier alpha value is -1.88. The van der Waals surface area contributed by atoms with E-state index in [1.165, 1.54) is 0 Å². The van der Waals surface area contributed by atoms with Crippen molar-refractivity contribution in [3.63, 3.8) is 0 Å². The highest BCUT2D eigenvalue weighted by molar-refractivity contribution is 5.35. The monoisotopic (exact) mass is 288 g/mol. The molecule has 0 radical (unpaired) electrons. The maximum absolute atomic E-state index is 5.98. The van der Waals surface area contributed by atoms with Crippen LogP contribution in [0.2, 0.25) is 0 Å². The molecule has 0 aliphatic carbocycles. The minimum Gasteiger partial charge on any atom is -0.437 e. The molecule has 0 bridgehead atoms. The van der Waals surface area contributed by atoms with E-state index in [1.54, 1.807) is 10.9 Å². The Morgan fingerprint density at radius 2 is 1.95 bits per heavy atom. The quantitative estimate of drug-likeness (QED) is 0.939. The summed E-state index contributed by atoms with van der Waals surface area (Å²) in [5.41, 5.74) is 3.07. The zero-order chi connectivity index (χ0) is 15.6. The number of hydrogen-bond donors (Lipinski definition) is 1. The predicted molar refractivity (Wildman–Crippen MR) is 83.6 cm³/mol. The molecule has 0 amide bonds. The Kier molecular flexibility index (Phi) is 4.32. The fourth-order valence-electron chi connectivity index (χ4n) is 1.99. The Labute approximate surface area is 126 Å². The van der Waals surface area contributed by atoms with Crippen LogP contribution in [0.1, 0.15) is 37.7 Å². The average molecular weight is 288 g/mol. The average Bonchev–Trinajstić information content (AvgIpc) is 2.64. The number of nitrogens with zero attached hydrogens (tertiary/aromatic N) is 3. The summed E-state index contributed by atoms with van der Waals surface area (Å²) in [4.78, 5) is 4.26. The highest BCUT2D eigenvalue weighted by Crippen LogP contribution is 2.27. The second-order valence-corrected chi connectivity index (χ2v) is 6.33. The summed E-state index contributed by atoms with van der Waals surface area (Å²) in [5, 5.41) is 7.94. The van der Waals surface area contributed by atoms with Crippen LogP contribution < -0.4 is 10.1 Å². The first kappa shape index (κ1) is 15.5. The van der Waals surface area contributed by atoms with Crippen LogP contribution in [0.4, 0.5) is 0 Å². The molecule has 21 heavy (non-hydrogen) atoms. The van der Waals surface area contributed by atoms with Gasteiger partial charge in [-0.15, -0.1) is 0 Å². The largest absolute Gasteiger partial charge is 0.437 e. The highest BCUT2D eigenvalue weighted by atomic mass is 16.5. The van der Waals surface area contributed by atoms with Crippen molar-refractivity contribution in [3.05, 3.63) is 35.3 Å². The minimum absolute atomic E-state index is 0.0466. The van der Waals surface area contributed by atoms with Crippen LogP contribution in [0.15, 0.2) is 18.3 Å². The van der Waals surface area contributed by atoms with Gasteiger partial charge in [0.2, 0.25) is 5.88 Å². The molecule has 114 valence electrons. The molecule has 5 nitrogen and oxygen atoms in total. The number of pyridine rings is 1. The second kappa shape index (κ2) is 5.85. The van der Waals surface area contributed by atoms with E-state index in [0.29, 0.717) is 0 Å². The van der Waals surface area contributed by atoms with Gasteiger partial charge in [-0.3, -0.25) is 4.98 Å². The lowest BCUT2D eigenvalue weighted by Gasteiger charge is -2.20. The fourth-order valence-corrected chi connectivity index (χ4v) is 1.99. The van der Waals surface area contributed by atoms with E-state index in [9.17, 15) is 0 Å². The summed E-state index contributed by atoms with van der Waals surface area (Å²) < 4.78 is 7.75. The smallest absolute Gasteiger partial charge is 0.222 e. The van der Waals surface area contributed by atoms with Gasteiger partial charge in [0.05, 0.1) is 17.5 Å². The molecular formula is C16H24N4O. The van der Waals surface area contributed by atoms with Gasteiger partial charge in [-0.05, 0) is 46.8 Å². The van der Waals surface area contributed by atoms with Crippen molar-refractivity contribution in [3.8, 4) is 11.6 Å². The van der Waals surface area contributed by atoms with E-state index < -0.39 is 0 Å². The summed E-state index contributed by atoms with van der Waals surface area (Å²) in [6.07, 6.45) is 1.73. The molecule has 2 rings (SSSR count). The Balaban J connectivity index is 2.24. The summed E-state index contributed by atoms with van der Waals surface area (Å²) in [6.45, 7) is 11.1. The molecule has 2 aromatic rings. The van der Waals surface area contributed by atoms with Crippen LogP contribution in [0.5, 0.6) is 11.6 Å². The molecule has 0 saturated heterocycles. The van der Waals surface area contributed by atoms with Crippen LogP contribution in [0, 0.1) is 13.8 Å². The molecule has 1 N–H and O–H groups in total. The lowest BCUT2D eigenvalue weighted by atomic mass is 10.1. The SMILES string of the molecule is Cc1ccc(Oc2c(CNC(C)(C)C)c(C)nn2C)cn1. The number of rotatable bonds is 4. The molecule has 0 unspecified atom stereocenters. The van der Waals surface area contributed by atoms with Crippen LogP contribution >= 0.6 is 0 Å². The third-order valence-electron chi connectivity index (χ3n) is 3.18. The Morgan fingerprint density at radius 3 is 2.52 bits per heavy atom. The van der Waals surface area contributed by atoms with Crippen molar-refractivity contribution < 1.29 is 4.74 Å². The fraction of sp³-hybridized carbons (Fsp3) is 0.500. The zero-order valence-corrected chi connectivity index (χ0v) is 13.7. The molecule has 0 fully saturated rings. The first-order valence-corrected chi connectivity index (χ1v) is 7.14. The van der Waals surface area contributed by atoms with E-state index in [1.807, 2.05) is 33.0 Å². The second-order valence-electron chi connectivity index (χ2n) is 6.33. The third kappa shape index (κ3) is 4.04. The summed E-state index contributed by atoms with van der Waals surface area (Å²) >= 11 is 0. The van der Waals surface area contributed by atoms with Crippen LogP contribution in [0.3, 0.4) is 0 Å². The van der Waals surface area contributed by atoms with E-state index in [2.05, 4.69) is 36.2 Å². The van der Waals surface area contributed by atoms with E-state index in [0.717, 1.165) is 35.1 Å². The lowest BCUT2D eigenvalue weighted by Crippen LogP contribution is -2.35. The highest BCUT2D eigenvalue weighted by Gasteiger charge is 2.18. The van der Waals surface area contributed by atoms with Gasteiger partial charge in [0, 0.05) is 24.8 Å². The predicted octanol–water partition coefficient (Wildman–Crippen LogP) is 3.11. The summed E-state index contributed by atoms with van der Waals surface area (Å²) in [5.74, 6) is 1.48. The molecule has 0 spiro atoms. The molecule has 0 aliphatic heterocycles. The first-order chi connectivity index (χ1) is 9.76. The van der Waals surface area contributed by atoms with Gasteiger partial charge in [-0.25, -0.2) is 4.68 Å². The van der Waals surface area contributed by atoms with Gasteiger partial charge in [0.1, 0.15) is 5.75 Å². The lowest BCUT2D eigenvalue weighted by molar-refractivity contribution is 0.401. The van der Waals surface area contributed by atoms with Crippen molar-refractivity contribution in [2.45, 2.75) is 46.7 Å². The zero-order valence-electron chi connectivity index (χ0n) is 13.7. The third-order valence-corrected chi connectivity index (χ3v) is 3.18. The van der Waals surface area contributed by atoms with Crippen LogP contribution in [0.25, 0.3) is 0 Å². The van der Waals surface area contributed by atoms with Gasteiger partial charge in [-0.2, -0.15) is 5.10 Å². The van der Waals surface area contributed by atoms with E-state index >= 15 is 0 Å². The topological polar surface area (TPSA) is 52.0 Å². The van der Waals surface area contributed by atoms with E-state index in [4.69, 9.17) is 4.74 Å². The van der Waals surface area contributed by atoms with Gasteiger partial charge in [0.25, 0.3) is 0 Å². The number of nitrogens with one attached hydrogen (secondary N) is 1. The molecular weight excluding hydrogens is 264 g/mol. The van der Waals surface area contributed by atoms with Crippen LogP contribution in [-0.2, 0) is 13.6 Å². The van der Waals surface area contributed by atoms with Gasteiger partial charge >= 0.3 is 0 Å². The molecule has 2 aromatic heterocycles. The van der Waals surface area contributed by atoms with Crippen molar-refractivity contribution in [2.75, 3.05) is 0 Å². The first-order valence-electron chi connectivity index (χ1n) is 7.14. The van der Waals surface area contributed by atoms with Gasteiger partial charge < -0.3 is 10.1 Å². The standard InChI is InChI=1S/C16H24N4O/c1-11-7-8-13(9-17-11)21-15-14(10-18-16(3,4)5)12(2)19-20(15)6/h7-9,18H,10H2,1-6H3. The Bertz CT molecular complexity index is 608. The van der Waals surface area contributed by atoms with Gasteiger partial charge in [0.15, 0.2) is 0 Å². The maximum atomic E-state index is 5.98. The van der Waals surface area contributed by atoms with Crippen molar-refractivity contribution in [1.29, 1.82) is 0 Å². The van der Waals surface area contributed by atoms with E-state index in [-0.39, 0.29) is 5.54 Å².